The Bertz CT molecular complexity index is 1300. The number of aromatic nitrogens is 3. The number of aromatic amines is 1. The van der Waals surface area contributed by atoms with Crippen molar-refractivity contribution in [3.63, 3.8) is 0 Å². The molecule has 0 unspecified atom stereocenters. The topological polar surface area (TPSA) is 105 Å². The Morgan fingerprint density at radius 1 is 0.971 bits per heavy atom. The minimum Gasteiger partial charge on any atom is -0.493 e. The van der Waals surface area contributed by atoms with Gasteiger partial charge in [-0.3, -0.25) is 0 Å². The number of methoxy groups -OCH3 is 2. The summed E-state index contributed by atoms with van der Waals surface area (Å²) in [5.74, 6) is 2.33. The highest BCUT2D eigenvalue weighted by Crippen LogP contribution is 2.33. The molecule has 0 fully saturated rings. The molecule has 4 N–H and O–H groups in total. The fourth-order valence-electron chi connectivity index (χ4n) is 3.43. The molecule has 2 heterocycles. The van der Waals surface area contributed by atoms with Gasteiger partial charge in [0.1, 0.15) is 18.1 Å². The van der Waals surface area contributed by atoms with Crippen LogP contribution in [0, 0.1) is 0 Å². The van der Waals surface area contributed by atoms with Gasteiger partial charge in [-0.15, -0.1) is 0 Å². The number of allylic oxidation sites excluding steroid dienone is 1. The number of hydrogen-bond acceptors (Lipinski definition) is 8. The Kier molecular flexibility index (Phi) is 7.69. The zero-order valence-electron chi connectivity index (χ0n) is 20.1. The zero-order valence-corrected chi connectivity index (χ0v) is 20.1. The van der Waals surface area contributed by atoms with Crippen LogP contribution in [0.4, 0.5) is 28.8 Å². The second-order valence-electron chi connectivity index (χ2n) is 7.72. The number of para-hydroxylation sites is 2. The molecule has 9 nitrogen and oxygen atoms in total. The average molecular weight is 475 g/mol. The van der Waals surface area contributed by atoms with Crippen molar-refractivity contribution in [2.24, 2.45) is 0 Å². The lowest BCUT2D eigenvalue weighted by atomic mass is 10.2. The summed E-state index contributed by atoms with van der Waals surface area (Å²) < 4.78 is 16.2. The fourth-order valence-corrected chi connectivity index (χ4v) is 3.43. The van der Waals surface area contributed by atoms with E-state index in [1.54, 1.807) is 14.2 Å². The van der Waals surface area contributed by atoms with Crippen LogP contribution in [-0.4, -0.2) is 42.4 Å². The Labute approximate surface area is 204 Å². The molecule has 2 aromatic heterocycles. The largest absolute Gasteiger partial charge is 0.493 e. The van der Waals surface area contributed by atoms with Crippen molar-refractivity contribution in [1.29, 1.82) is 0 Å². The first-order valence-corrected chi connectivity index (χ1v) is 11.3. The Morgan fingerprint density at radius 2 is 1.80 bits per heavy atom. The molecule has 9 heteroatoms. The maximum atomic E-state index is 5.72. The number of benzene rings is 2. The van der Waals surface area contributed by atoms with Gasteiger partial charge in [0.15, 0.2) is 11.5 Å². The van der Waals surface area contributed by atoms with Gasteiger partial charge in [0.2, 0.25) is 5.95 Å². The molecule has 182 valence electrons. The smallest absolute Gasteiger partial charge is 0.231 e. The SMILES string of the molecule is C=C(CC)Nc1ccccc1Nc1nc(Nc2ccc(OCCOC)c(OC)c2)nc2[nH]ccc12. The molecule has 0 aliphatic heterocycles. The molecule has 0 saturated carbocycles. The summed E-state index contributed by atoms with van der Waals surface area (Å²) in [6.45, 7) is 7.04. The van der Waals surface area contributed by atoms with E-state index in [0.717, 1.165) is 34.6 Å². The van der Waals surface area contributed by atoms with Crippen LogP contribution in [0.2, 0.25) is 0 Å². The van der Waals surface area contributed by atoms with Gasteiger partial charge in [-0.1, -0.05) is 25.6 Å². The van der Waals surface area contributed by atoms with Gasteiger partial charge in [-0.2, -0.15) is 9.97 Å². The van der Waals surface area contributed by atoms with Gasteiger partial charge in [-0.25, -0.2) is 0 Å². The number of nitrogens with one attached hydrogen (secondary N) is 4. The zero-order chi connectivity index (χ0) is 24.6. The molecule has 0 atom stereocenters. The van der Waals surface area contributed by atoms with Crippen molar-refractivity contribution in [3.05, 3.63) is 67.0 Å². The highest BCUT2D eigenvalue weighted by atomic mass is 16.5. The molecule has 4 aromatic rings. The maximum absolute atomic E-state index is 5.72. The third-order valence-corrected chi connectivity index (χ3v) is 5.30. The highest BCUT2D eigenvalue weighted by molar-refractivity contribution is 5.92. The quantitative estimate of drug-likeness (QED) is 0.191. The minimum absolute atomic E-state index is 0.431. The van der Waals surface area contributed by atoms with Crippen LogP contribution >= 0.6 is 0 Å². The van der Waals surface area contributed by atoms with Gasteiger partial charge in [0.25, 0.3) is 0 Å². The normalized spacial score (nSPS) is 10.7. The van der Waals surface area contributed by atoms with Crippen LogP contribution in [0.15, 0.2) is 67.0 Å². The van der Waals surface area contributed by atoms with Crippen LogP contribution < -0.4 is 25.4 Å². The van der Waals surface area contributed by atoms with Gasteiger partial charge in [0, 0.05) is 30.8 Å². The standard InChI is InChI=1S/C26H30N6O3/c1-5-17(2)28-20-8-6-7-9-21(20)30-25-19-12-13-27-24(19)31-26(32-25)29-18-10-11-22(23(16-18)34-4)35-15-14-33-3/h6-13,16,28H,2,5,14-15H2,1,3-4H3,(H3,27,29,30,31,32). The second kappa shape index (κ2) is 11.3. The average Bonchev–Trinajstić information content (AvgIpc) is 3.35. The van der Waals surface area contributed by atoms with Crippen molar-refractivity contribution in [3.8, 4) is 11.5 Å². The molecular weight excluding hydrogens is 444 g/mol. The molecule has 35 heavy (non-hydrogen) atoms. The Morgan fingerprint density at radius 3 is 2.57 bits per heavy atom. The van der Waals surface area contributed by atoms with Crippen molar-refractivity contribution in [1.82, 2.24) is 15.0 Å². The van der Waals surface area contributed by atoms with Crippen LogP contribution in [0.1, 0.15) is 13.3 Å². The number of nitrogens with zero attached hydrogens (tertiary/aromatic N) is 2. The van der Waals surface area contributed by atoms with Gasteiger partial charge < -0.3 is 35.1 Å². The van der Waals surface area contributed by atoms with Crippen LogP contribution in [0.3, 0.4) is 0 Å². The van der Waals surface area contributed by atoms with Crippen molar-refractivity contribution < 1.29 is 14.2 Å². The van der Waals surface area contributed by atoms with Crippen molar-refractivity contribution in [2.75, 3.05) is 43.4 Å². The summed E-state index contributed by atoms with van der Waals surface area (Å²) in [4.78, 5) is 12.5. The number of rotatable bonds is 12. The Hall–Kier alpha value is -4.24. The molecule has 0 saturated heterocycles. The molecule has 0 bridgehead atoms. The summed E-state index contributed by atoms with van der Waals surface area (Å²) in [5.41, 5.74) is 4.21. The monoisotopic (exact) mass is 474 g/mol. The molecule has 0 radical (unpaired) electrons. The first-order valence-electron chi connectivity index (χ1n) is 11.3. The summed E-state index contributed by atoms with van der Waals surface area (Å²) in [7, 11) is 3.24. The first kappa shape index (κ1) is 23.9. The second-order valence-corrected chi connectivity index (χ2v) is 7.72. The van der Waals surface area contributed by atoms with Crippen LogP contribution in [0.25, 0.3) is 11.0 Å². The minimum atomic E-state index is 0.431. The first-order chi connectivity index (χ1) is 17.1. The molecule has 0 aliphatic rings. The van der Waals surface area contributed by atoms with Gasteiger partial charge in [0.05, 0.1) is 30.5 Å². The lowest BCUT2D eigenvalue weighted by molar-refractivity contribution is 0.144. The van der Waals surface area contributed by atoms with E-state index in [4.69, 9.17) is 19.2 Å². The molecule has 4 rings (SSSR count). The van der Waals surface area contributed by atoms with Crippen LogP contribution in [-0.2, 0) is 4.74 Å². The lowest BCUT2D eigenvalue weighted by Gasteiger charge is -2.16. The molecular formula is C26H30N6O3. The molecule has 0 spiro atoms. The van der Waals surface area contributed by atoms with E-state index >= 15 is 0 Å². The highest BCUT2D eigenvalue weighted by Gasteiger charge is 2.13. The summed E-state index contributed by atoms with van der Waals surface area (Å²) in [5, 5.41) is 10.9. The lowest BCUT2D eigenvalue weighted by Crippen LogP contribution is -2.06. The predicted octanol–water partition coefficient (Wildman–Crippen LogP) is 5.81. The molecule has 2 aromatic carbocycles. The van der Waals surface area contributed by atoms with E-state index < -0.39 is 0 Å². The molecule has 0 amide bonds. The summed E-state index contributed by atoms with van der Waals surface area (Å²) in [6, 6.07) is 15.4. The van der Waals surface area contributed by atoms with Crippen molar-refractivity contribution >= 4 is 39.9 Å². The van der Waals surface area contributed by atoms with E-state index in [1.807, 2.05) is 54.7 Å². The van der Waals surface area contributed by atoms with E-state index in [1.165, 1.54) is 0 Å². The van der Waals surface area contributed by atoms with E-state index in [0.29, 0.717) is 42.1 Å². The van der Waals surface area contributed by atoms with E-state index in [9.17, 15) is 0 Å². The summed E-state index contributed by atoms with van der Waals surface area (Å²) >= 11 is 0. The van der Waals surface area contributed by atoms with E-state index in [-0.39, 0.29) is 0 Å². The summed E-state index contributed by atoms with van der Waals surface area (Å²) in [6.07, 6.45) is 2.67. The van der Waals surface area contributed by atoms with E-state index in [2.05, 4.69) is 39.4 Å². The molecule has 0 aliphatic carbocycles. The predicted molar refractivity (Wildman–Crippen MR) is 140 cm³/mol. The fraction of sp³-hybridized carbons (Fsp3) is 0.231. The third-order valence-electron chi connectivity index (χ3n) is 5.30. The number of ether oxygens (including phenoxy) is 3. The number of H-pyrrole nitrogens is 1. The van der Waals surface area contributed by atoms with Gasteiger partial charge in [-0.05, 0) is 36.8 Å². The van der Waals surface area contributed by atoms with Crippen molar-refractivity contribution in [2.45, 2.75) is 13.3 Å². The number of hydrogen-bond donors (Lipinski definition) is 4. The number of anilines is 5. The van der Waals surface area contributed by atoms with Crippen LogP contribution in [0.5, 0.6) is 11.5 Å². The Balaban J connectivity index is 1.61. The third kappa shape index (κ3) is 5.82. The maximum Gasteiger partial charge on any atom is 0.231 e. The number of fused-ring (bicyclic) bond motifs is 1. The van der Waals surface area contributed by atoms with Gasteiger partial charge >= 0.3 is 0 Å².